The van der Waals surface area contributed by atoms with E-state index in [4.69, 9.17) is 0 Å². The highest BCUT2D eigenvalue weighted by molar-refractivity contribution is 9.10. The van der Waals surface area contributed by atoms with Gasteiger partial charge in [0, 0.05) is 16.3 Å². The van der Waals surface area contributed by atoms with Crippen LogP contribution in [0.3, 0.4) is 0 Å². The monoisotopic (exact) mass is 326 g/mol. The van der Waals surface area contributed by atoms with Gasteiger partial charge in [0.15, 0.2) is 5.17 Å². The second-order valence-corrected chi connectivity index (χ2v) is 6.88. The second kappa shape index (κ2) is 6.62. The van der Waals surface area contributed by atoms with Crippen LogP contribution in [0.25, 0.3) is 0 Å². The lowest BCUT2D eigenvalue weighted by molar-refractivity contribution is 0.442. The van der Waals surface area contributed by atoms with Gasteiger partial charge < -0.3 is 5.32 Å². The molecule has 2 rings (SSSR count). The van der Waals surface area contributed by atoms with Crippen LogP contribution in [0.15, 0.2) is 33.7 Å². The van der Waals surface area contributed by atoms with Crippen LogP contribution in [-0.2, 0) is 6.54 Å². The van der Waals surface area contributed by atoms with Crippen molar-refractivity contribution in [3.05, 3.63) is 34.3 Å². The van der Waals surface area contributed by atoms with Crippen molar-refractivity contribution < 1.29 is 0 Å². The highest BCUT2D eigenvalue weighted by atomic mass is 79.9. The van der Waals surface area contributed by atoms with E-state index < -0.39 is 0 Å². The standard InChI is InChI=1S/C14H19BrN2S/c1-10(2)13-7-8-18-14(17-13)16-9-11-3-5-12(15)6-4-11/h3-6,10,13H,7-9H2,1-2H3,(H,16,17). The number of halogens is 1. The zero-order chi connectivity index (χ0) is 13.0. The van der Waals surface area contributed by atoms with Crippen molar-refractivity contribution in [3.63, 3.8) is 0 Å². The predicted octanol–water partition coefficient (Wildman–Crippen LogP) is 4.06. The van der Waals surface area contributed by atoms with Crippen molar-refractivity contribution in [2.75, 3.05) is 5.75 Å². The van der Waals surface area contributed by atoms with Crippen LogP contribution in [0, 0.1) is 5.92 Å². The molecule has 1 heterocycles. The van der Waals surface area contributed by atoms with Crippen LogP contribution in [-0.4, -0.2) is 17.0 Å². The van der Waals surface area contributed by atoms with E-state index in [0.29, 0.717) is 12.0 Å². The normalized spacial score (nSPS) is 22.2. The average Bonchev–Trinajstić information content (AvgIpc) is 2.38. The number of benzene rings is 1. The van der Waals surface area contributed by atoms with Gasteiger partial charge in [0.2, 0.25) is 0 Å². The molecule has 0 aliphatic carbocycles. The predicted molar refractivity (Wildman–Crippen MR) is 84.1 cm³/mol. The van der Waals surface area contributed by atoms with E-state index in [1.54, 1.807) is 0 Å². The van der Waals surface area contributed by atoms with E-state index in [9.17, 15) is 0 Å². The largest absolute Gasteiger partial charge is 0.362 e. The maximum absolute atomic E-state index is 4.67. The fourth-order valence-electron chi connectivity index (χ4n) is 1.90. The molecule has 1 N–H and O–H groups in total. The minimum Gasteiger partial charge on any atom is -0.362 e. The summed E-state index contributed by atoms with van der Waals surface area (Å²) in [7, 11) is 0. The molecule has 0 aromatic heterocycles. The first-order valence-corrected chi connectivity index (χ1v) is 8.11. The molecule has 98 valence electrons. The van der Waals surface area contributed by atoms with Gasteiger partial charge in [-0.05, 0) is 30.0 Å². The Morgan fingerprint density at radius 2 is 2.11 bits per heavy atom. The van der Waals surface area contributed by atoms with Crippen molar-refractivity contribution in [1.29, 1.82) is 0 Å². The summed E-state index contributed by atoms with van der Waals surface area (Å²) in [6.07, 6.45) is 1.24. The highest BCUT2D eigenvalue weighted by Crippen LogP contribution is 2.19. The van der Waals surface area contributed by atoms with Crippen molar-refractivity contribution in [2.24, 2.45) is 10.9 Å². The third-order valence-corrected chi connectivity index (χ3v) is 4.59. The third kappa shape index (κ3) is 4.02. The molecule has 0 bridgehead atoms. The van der Waals surface area contributed by atoms with Gasteiger partial charge in [0.05, 0.1) is 6.54 Å². The molecule has 0 spiro atoms. The first kappa shape index (κ1) is 13.9. The summed E-state index contributed by atoms with van der Waals surface area (Å²) < 4.78 is 1.11. The van der Waals surface area contributed by atoms with E-state index in [1.165, 1.54) is 17.7 Å². The Bertz CT molecular complexity index is 414. The number of nitrogens with zero attached hydrogens (tertiary/aromatic N) is 1. The molecule has 1 fully saturated rings. The minimum absolute atomic E-state index is 0.579. The SMILES string of the molecule is CC(C)C1CCSC(=NCc2ccc(Br)cc2)N1. The van der Waals surface area contributed by atoms with Crippen LogP contribution in [0.1, 0.15) is 25.8 Å². The van der Waals surface area contributed by atoms with Gasteiger partial charge in [-0.2, -0.15) is 0 Å². The van der Waals surface area contributed by atoms with E-state index >= 15 is 0 Å². The van der Waals surface area contributed by atoms with Gasteiger partial charge in [-0.1, -0.05) is 53.7 Å². The number of thioether (sulfide) groups is 1. The van der Waals surface area contributed by atoms with E-state index in [0.717, 1.165) is 16.2 Å². The molecule has 4 heteroatoms. The highest BCUT2D eigenvalue weighted by Gasteiger charge is 2.19. The summed E-state index contributed by atoms with van der Waals surface area (Å²) in [5.41, 5.74) is 1.25. The van der Waals surface area contributed by atoms with Gasteiger partial charge >= 0.3 is 0 Å². The number of hydrogen-bond acceptors (Lipinski definition) is 2. The van der Waals surface area contributed by atoms with Gasteiger partial charge in [-0.25, -0.2) is 0 Å². The fourth-order valence-corrected chi connectivity index (χ4v) is 3.12. The molecule has 0 saturated carbocycles. The molecule has 0 radical (unpaired) electrons. The third-order valence-electron chi connectivity index (χ3n) is 3.10. The van der Waals surface area contributed by atoms with Gasteiger partial charge in [-0.15, -0.1) is 0 Å². The Balaban J connectivity index is 1.94. The summed E-state index contributed by atoms with van der Waals surface area (Å²) in [5.74, 6) is 1.85. The van der Waals surface area contributed by atoms with Crippen molar-refractivity contribution in [2.45, 2.75) is 32.9 Å². The Morgan fingerprint density at radius 1 is 1.39 bits per heavy atom. The number of nitrogens with one attached hydrogen (secondary N) is 1. The van der Waals surface area contributed by atoms with E-state index in [2.05, 4.69) is 64.4 Å². The topological polar surface area (TPSA) is 24.4 Å². The first-order valence-electron chi connectivity index (χ1n) is 6.33. The maximum atomic E-state index is 4.67. The van der Waals surface area contributed by atoms with Crippen LogP contribution in [0.5, 0.6) is 0 Å². The molecule has 0 amide bonds. The molecule has 1 aliphatic heterocycles. The molecule has 2 nitrogen and oxygen atoms in total. The van der Waals surface area contributed by atoms with Crippen LogP contribution >= 0.6 is 27.7 Å². The lowest BCUT2D eigenvalue weighted by atomic mass is 10.0. The molecule has 18 heavy (non-hydrogen) atoms. The molecule has 1 saturated heterocycles. The summed E-state index contributed by atoms with van der Waals surface area (Å²) >= 11 is 5.28. The average molecular weight is 327 g/mol. The molecule has 1 aromatic rings. The summed E-state index contributed by atoms with van der Waals surface area (Å²) in [5, 5.41) is 4.64. The molecule has 1 aromatic carbocycles. The second-order valence-electron chi connectivity index (χ2n) is 4.88. The van der Waals surface area contributed by atoms with Crippen LogP contribution < -0.4 is 5.32 Å². The van der Waals surface area contributed by atoms with Crippen molar-refractivity contribution >= 4 is 32.9 Å². The van der Waals surface area contributed by atoms with Crippen LogP contribution in [0.4, 0.5) is 0 Å². The molecule has 1 atom stereocenters. The van der Waals surface area contributed by atoms with Crippen molar-refractivity contribution in [3.8, 4) is 0 Å². The lowest BCUT2D eigenvalue weighted by Crippen LogP contribution is -2.41. The van der Waals surface area contributed by atoms with Crippen molar-refractivity contribution in [1.82, 2.24) is 5.32 Å². The molecule has 1 aliphatic rings. The minimum atomic E-state index is 0.579. The van der Waals surface area contributed by atoms with Crippen LogP contribution in [0.2, 0.25) is 0 Å². The zero-order valence-corrected chi connectivity index (χ0v) is 13.2. The van der Waals surface area contributed by atoms with Gasteiger partial charge in [-0.3, -0.25) is 4.99 Å². The Labute approximate surface area is 122 Å². The Kier molecular flexibility index (Phi) is 5.13. The first-order chi connectivity index (χ1) is 8.65. The number of hydrogen-bond donors (Lipinski definition) is 1. The number of aliphatic imine (C=N–C) groups is 1. The Morgan fingerprint density at radius 3 is 2.78 bits per heavy atom. The Hall–Kier alpha value is -0.480. The summed E-state index contributed by atoms with van der Waals surface area (Å²) in [6, 6.07) is 8.93. The summed E-state index contributed by atoms with van der Waals surface area (Å²) in [6.45, 7) is 5.29. The maximum Gasteiger partial charge on any atom is 0.157 e. The smallest absolute Gasteiger partial charge is 0.157 e. The zero-order valence-electron chi connectivity index (χ0n) is 10.8. The lowest BCUT2D eigenvalue weighted by Gasteiger charge is -2.28. The number of amidine groups is 1. The van der Waals surface area contributed by atoms with Gasteiger partial charge in [0.25, 0.3) is 0 Å². The quantitative estimate of drug-likeness (QED) is 0.905. The molecule has 1 unspecified atom stereocenters. The fraction of sp³-hybridized carbons (Fsp3) is 0.500. The number of rotatable bonds is 3. The molecular weight excluding hydrogens is 308 g/mol. The summed E-state index contributed by atoms with van der Waals surface area (Å²) in [4.78, 5) is 4.67. The van der Waals surface area contributed by atoms with E-state index in [-0.39, 0.29) is 0 Å². The van der Waals surface area contributed by atoms with E-state index in [1.807, 2.05) is 11.8 Å². The molecular formula is C14H19BrN2S. The van der Waals surface area contributed by atoms with Gasteiger partial charge in [0.1, 0.15) is 0 Å².